The van der Waals surface area contributed by atoms with Crippen molar-refractivity contribution in [1.29, 1.82) is 0 Å². The molecule has 0 aromatic heterocycles. The maximum Gasteiger partial charge on any atom is 0.164 e. The SMILES string of the molecule is COc1cc(OCc2ccccc2)c([C@H](N)CF)cc1OC.Cl. The molecule has 0 fully saturated rings. The molecule has 2 aromatic rings. The second kappa shape index (κ2) is 9.22. The molecule has 6 heteroatoms. The smallest absolute Gasteiger partial charge is 0.164 e. The normalized spacial score (nSPS) is 11.3. The Hall–Kier alpha value is -1.98. The van der Waals surface area contributed by atoms with Crippen molar-refractivity contribution < 1.29 is 18.6 Å². The predicted molar refractivity (Wildman–Crippen MR) is 90.5 cm³/mol. The van der Waals surface area contributed by atoms with Crippen molar-refractivity contribution in [1.82, 2.24) is 0 Å². The Balaban J connectivity index is 0.00000264. The monoisotopic (exact) mass is 341 g/mol. The van der Waals surface area contributed by atoms with E-state index < -0.39 is 12.7 Å². The van der Waals surface area contributed by atoms with Crippen LogP contribution in [-0.4, -0.2) is 20.9 Å². The number of nitrogens with two attached hydrogens (primary N) is 1. The van der Waals surface area contributed by atoms with Gasteiger partial charge in [0.2, 0.25) is 0 Å². The second-order valence-electron chi connectivity index (χ2n) is 4.78. The fourth-order valence-electron chi connectivity index (χ4n) is 2.11. The van der Waals surface area contributed by atoms with Gasteiger partial charge in [-0.2, -0.15) is 0 Å². The van der Waals surface area contributed by atoms with Crippen LogP contribution in [0.3, 0.4) is 0 Å². The molecule has 23 heavy (non-hydrogen) atoms. The van der Waals surface area contributed by atoms with Gasteiger partial charge < -0.3 is 19.9 Å². The minimum absolute atomic E-state index is 0. The van der Waals surface area contributed by atoms with Crippen molar-refractivity contribution in [3.8, 4) is 17.2 Å². The van der Waals surface area contributed by atoms with E-state index in [1.54, 1.807) is 12.1 Å². The van der Waals surface area contributed by atoms with Crippen LogP contribution in [-0.2, 0) is 6.61 Å². The first-order valence-electron chi connectivity index (χ1n) is 6.93. The minimum atomic E-state index is -0.773. The molecule has 0 radical (unpaired) electrons. The molecule has 0 saturated heterocycles. The molecule has 0 aliphatic heterocycles. The number of methoxy groups -OCH3 is 2. The fourth-order valence-corrected chi connectivity index (χ4v) is 2.11. The zero-order valence-electron chi connectivity index (χ0n) is 13.1. The number of benzene rings is 2. The van der Waals surface area contributed by atoms with Gasteiger partial charge in [-0.3, -0.25) is 0 Å². The highest BCUT2D eigenvalue weighted by Crippen LogP contribution is 2.37. The molecule has 2 rings (SSSR count). The molecule has 1 atom stereocenters. The summed E-state index contributed by atoms with van der Waals surface area (Å²) < 4.78 is 29.3. The number of hydrogen-bond donors (Lipinski definition) is 1. The van der Waals surface area contributed by atoms with Crippen molar-refractivity contribution in [3.63, 3.8) is 0 Å². The van der Waals surface area contributed by atoms with Gasteiger partial charge in [0.1, 0.15) is 19.0 Å². The molecule has 2 N–H and O–H groups in total. The summed E-state index contributed by atoms with van der Waals surface area (Å²) in [5, 5.41) is 0. The first-order valence-corrected chi connectivity index (χ1v) is 6.93. The maximum atomic E-state index is 13.0. The number of halogens is 2. The Morgan fingerprint density at radius 2 is 1.61 bits per heavy atom. The lowest BCUT2D eigenvalue weighted by molar-refractivity contribution is 0.292. The van der Waals surface area contributed by atoms with Gasteiger partial charge in [0.05, 0.1) is 20.3 Å². The van der Waals surface area contributed by atoms with E-state index >= 15 is 0 Å². The number of alkyl halides is 1. The Labute approximate surface area is 141 Å². The van der Waals surface area contributed by atoms with Crippen molar-refractivity contribution >= 4 is 12.4 Å². The molecule has 0 saturated carbocycles. The van der Waals surface area contributed by atoms with Crippen LogP contribution in [0.4, 0.5) is 4.39 Å². The quantitative estimate of drug-likeness (QED) is 0.834. The molecule has 0 spiro atoms. The molecule has 126 valence electrons. The van der Waals surface area contributed by atoms with Gasteiger partial charge in [0.25, 0.3) is 0 Å². The van der Waals surface area contributed by atoms with E-state index in [1.165, 1.54) is 14.2 Å². The molecule has 0 amide bonds. The van der Waals surface area contributed by atoms with E-state index in [9.17, 15) is 4.39 Å². The first kappa shape index (κ1) is 19.1. The maximum absolute atomic E-state index is 13.0. The van der Waals surface area contributed by atoms with E-state index in [2.05, 4.69) is 0 Å². The number of hydrogen-bond acceptors (Lipinski definition) is 4. The standard InChI is InChI=1S/C17H20FNO3.ClH/c1-20-16-8-13(14(19)10-18)15(9-17(16)21-2)22-11-12-6-4-3-5-7-12;/h3-9,14H,10-11,19H2,1-2H3;1H/t14-;/m1./s1. The highest BCUT2D eigenvalue weighted by Gasteiger charge is 2.17. The van der Waals surface area contributed by atoms with Gasteiger partial charge in [-0.25, -0.2) is 4.39 Å². The van der Waals surface area contributed by atoms with Crippen LogP contribution < -0.4 is 19.9 Å². The van der Waals surface area contributed by atoms with Crippen LogP contribution in [0.15, 0.2) is 42.5 Å². The largest absolute Gasteiger partial charge is 0.493 e. The highest BCUT2D eigenvalue weighted by molar-refractivity contribution is 5.85. The Bertz CT molecular complexity index is 610. The third kappa shape index (κ3) is 4.74. The number of ether oxygens (including phenoxy) is 3. The summed E-state index contributed by atoms with van der Waals surface area (Å²) in [6.07, 6.45) is 0. The average molecular weight is 342 g/mol. The molecule has 0 bridgehead atoms. The van der Waals surface area contributed by atoms with Gasteiger partial charge in [-0.15, -0.1) is 12.4 Å². The van der Waals surface area contributed by atoms with E-state index in [0.717, 1.165) is 5.56 Å². The summed E-state index contributed by atoms with van der Waals surface area (Å²) >= 11 is 0. The fraction of sp³-hybridized carbons (Fsp3) is 0.294. The van der Waals surface area contributed by atoms with Crippen molar-refractivity contribution in [2.24, 2.45) is 5.73 Å². The van der Waals surface area contributed by atoms with Crippen molar-refractivity contribution in [2.45, 2.75) is 12.6 Å². The van der Waals surface area contributed by atoms with Crippen LogP contribution >= 0.6 is 12.4 Å². The molecule has 0 heterocycles. The lowest BCUT2D eigenvalue weighted by Gasteiger charge is -2.18. The summed E-state index contributed by atoms with van der Waals surface area (Å²) in [5.74, 6) is 1.50. The minimum Gasteiger partial charge on any atom is -0.493 e. The summed E-state index contributed by atoms with van der Waals surface area (Å²) in [7, 11) is 3.06. The molecular weight excluding hydrogens is 321 g/mol. The van der Waals surface area contributed by atoms with E-state index in [4.69, 9.17) is 19.9 Å². The van der Waals surface area contributed by atoms with Gasteiger partial charge in [0.15, 0.2) is 11.5 Å². The van der Waals surface area contributed by atoms with Crippen molar-refractivity contribution in [3.05, 3.63) is 53.6 Å². The van der Waals surface area contributed by atoms with E-state index in [-0.39, 0.29) is 12.4 Å². The van der Waals surface area contributed by atoms with Crippen LogP contribution in [0.1, 0.15) is 17.2 Å². The zero-order valence-corrected chi connectivity index (χ0v) is 13.9. The summed E-state index contributed by atoms with van der Waals surface area (Å²) in [4.78, 5) is 0. The summed E-state index contributed by atoms with van der Waals surface area (Å²) in [5.41, 5.74) is 7.39. The van der Waals surface area contributed by atoms with Gasteiger partial charge in [0, 0.05) is 11.6 Å². The third-order valence-corrected chi connectivity index (χ3v) is 3.32. The Morgan fingerprint density at radius 1 is 1.00 bits per heavy atom. The summed E-state index contributed by atoms with van der Waals surface area (Å²) in [6, 6.07) is 12.3. The van der Waals surface area contributed by atoms with E-state index in [0.29, 0.717) is 29.4 Å². The zero-order chi connectivity index (χ0) is 15.9. The van der Waals surface area contributed by atoms with Crippen LogP contribution in [0, 0.1) is 0 Å². The van der Waals surface area contributed by atoms with Gasteiger partial charge in [-0.1, -0.05) is 30.3 Å². The van der Waals surface area contributed by atoms with Gasteiger partial charge in [-0.05, 0) is 11.6 Å². The van der Waals surface area contributed by atoms with Crippen molar-refractivity contribution in [2.75, 3.05) is 20.9 Å². The molecular formula is C17H21ClFNO3. The summed E-state index contributed by atoms with van der Waals surface area (Å²) in [6.45, 7) is -0.320. The second-order valence-corrected chi connectivity index (χ2v) is 4.78. The average Bonchev–Trinajstić information content (AvgIpc) is 2.59. The third-order valence-electron chi connectivity index (χ3n) is 3.32. The lowest BCUT2D eigenvalue weighted by atomic mass is 10.1. The van der Waals surface area contributed by atoms with Gasteiger partial charge >= 0.3 is 0 Å². The predicted octanol–water partition coefficient (Wildman–Crippen LogP) is 3.67. The molecule has 2 aromatic carbocycles. The van der Waals surface area contributed by atoms with Crippen LogP contribution in [0.2, 0.25) is 0 Å². The molecule has 0 unspecified atom stereocenters. The highest BCUT2D eigenvalue weighted by atomic mass is 35.5. The first-order chi connectivity index (χ1) is 10.7. The van der Waals surface area contributed by atoms with Crippen LogP contribution in [0.5, 0.6) is 17.2 Å². The Kier molecular flexibility index (Phi) is 7.65. The van der Waals surface area contributed by atoms with Crippen LogP contribution in [0.25, 0.3) is 0 Å². The van der Waals surface area contributed by atoms with E-state index in [1.807, 2.05) is 30.3 Å². The topological polar surface area (TPSA) is 53.7 Å². The molecule has 0 aliphatic rings. The lowest BCUT2D eigenvalue weighted by Crippen LogP contribution is -2.14. The molecule has 4 nitrogen and oxygen atoms in total. The number of rotatable bonds is 7. The Morgan fingerprint density at radius 3 is 2.17 bits per heavy atom. The molecule has 0 aliphatic carbocycles.